The van der Waals surface area contributed by atoms with Crippen LogP contribution in [0.3, 0.4) is 0 Å². The van der Waals surface area contributed by atoms with Crippen molar-refractivity contribution in [1.82, 2.24) is 4.98 Å². The Labute approximate surface area is 88.6 Å². The number of carbonyl (C=O) groups is 1. The topological polar surface area (TPSA) is 78.3 Å². The van der Waals surface area contributed by atoms with Crippen molar-refractivity contribution in [2.75, 3.05) is 7.11 Å². The zero-order valence-corrected chi connectivity index (χ0v) is 9.19. The summed E-state index contributed by atoms with van der Waals surface area (Å²) >= 11 is 0. The summed E-state index contributed by atoms with van der Waals surface area (Å²) in [6.07, 6.45) is 2.10. The van der Waals surface area contributed by atoms with Crippen molar-refractivity contribution >= 4 is 5.97 Å². The fourth-order valence-electron chi connectivity index (χ4n) is 1.26. The molecular weight excluding hydrogens is 196 g/mol. The van der Waals surface area contributed by atoms with Crippen molar-refractivity contribution in [3.05, 3.63) is 17.8 Å². The molecule has 0 radical (unpaired) electrons. The molecule has 15 heavy (non-hydrogen) atoms. The largest absolute Gasteiger partial charge is 0.463 e. The Balaban J connectivity index is 2.71. The lowest BCUT2D eigenvalue weighted by Crippen LogP contribution is -2.13. The van der Waals surface area contributed by atoms with Crippen LogP contribution in [0.1, 0.15) is 42.8 Å². The maximum atomic E-state index is 11.1. The maximum Gasteiger partial charge on any atom is 0.375 e. The Morgan fingerprint density at radius 3 is 2.87 bits per heavy atom. The van der Waals surface area contributed by atoms with Crippen molar-refractivity contribution in [2.45, 2.75) is 26.3 Å². The van der Waals surface area contributed by atoms with E-state index in [1.807, 2.05) is 0 Å². The first-order valence-electron chi connectivity index (χ1n) is 4.84. The number of esters is 1. The van der Waals surface area contributed by atoms with Gasteiger partial charge in [-0.15, -0.1) is 0 Å². The normalized spacial score (nSPS) is 12.9. The van der Waals surface area contributed by atoms with Gasteiger partial charge in [0.15, 0.2) is 0 Å². The number of nitrogens with zero attached hydrogens (tertiary/aromatic N) is 1. The molecule has 0 aliphatic carbocycles. The molecule has 0 spiro atoms. The minimum atomic E-state index is -0.537. The van der Waals surface area contributed by atoms with E-state index >= 15 is 0 Å². The van der Waals surface area contributed by atoms with E-state index in [9.17, 15) is 4.79 Å². The second kappa shape index (κ2) is 4.93. The van der Waals surface area contributed by atoms with E-state index in [1.54, 1.807) is 0 Å². The molecule has 0 saturated carbocycles. The van der Waals surface area contributed by atoms with Gasteiger partial charge in [-0.3, -0.25) is 0 Å². The Bertz CT molecular complexity index is 333. The number of rotatable bonds is 4. The average Bonchev–Trinajstić information content (AvgIpc) is 2.64. The molecule has 5 heteroatoms. The molecule has 0 saturated heterocycles. The quantitative estimate of drug-likeness (QED) is 0.765. The van der Waals surface area contributed by atoms with Gasteiger partial charge in [-0.2, -0.15) is 0 Å². The Morgan fingerprint density at radius 2 is 2.33 bits per heavy atom. The zero-order valence-electron chi connectivity index (χ0n) is 9.19. The summed E-state index contributed by atoms with van der Waals surface area (Å²) in [6, 6.07) is -0.275. The fourth-order valence-corrected chi connectivity index (χ4v) is 1.26. The highest BCUT2D eigenvalue weighted by atomic mass is 16.5. The van der Waals surface area contributed by atoms with E-state index in [1.165, 1.54) is 13.3 Å². The molecule has 1 aromatic rings. The first-order valence-corrected chi connectivity index (χ1v) is 4.84. The molecule has 0 aliphatic rings. The second-order valence-electron chi connectivity index (χ2n) is 3.79. The molecule has 0 amide bonds. The van der Waals surface area contributed by atoms with E-state index < -0.39 is 5.97 Å². The summed E-state index contributed by atoms with van der Waals surface area (Å²) in [6.45, 7) is 4.12. The Hall–Kier alpha value is -1.36. The third kappa shape index (κ3) is 3.06. The van der Waals surface area contributed by atoms with Crippen molar-refractivity contribution in [3.8, 4) is 0 Å². The van der Waals surface area contributed by atoms with Crippen molar-refractivity contribution in [2.24, 2.45) is 11.7 Å². The predicted molar refractivity (Wildman–Crippen MR) is 54.2 cm³/mol. The molecule has 0 bridgehead atoms. The lowest BCUT2D eigenvalue weighted by Gasteiger charge is -2.09. The minimum Gasteiger partial charge on any atom is -0.463 e. The van der Waals surface area contributed by atoms with Crippen LogP contribution in [0.15, 0.2) is 10.6 Å². The molecule has 1 rings (SSSR count). The number of aromatic nitrogens is 1. The maximum absolute atomic E-state index is 11.1. The number of carbonyl (C=O) groups excluding carboxylic acids is 1. The molecule has 0 aromatic carbocycles. The summed E-state index contributed by atoms with van der Waals surface area (Å²) in [7, 11) is 1.29. The van der Waals surface area contributed by atoms with Gasteiger partial charge in [0, 0.05) is 0 Å². The first kappa shape index (κ1) is 11.7. The van der Waals surface area contributed by atoms with Crippen molar-refractivity contribution in [3.63, 3.8) is 0 Å². The van der Waals surface area contributed by atoms with Gasteiger partial charge in [0.1, 0.15) is 0 Å². The van der Waals surface area contributed by atoms with Crippen molar-refractivity contribution < 1.29 is 13.9 Å². The minimum absolute atomic E-state index is 0.0895. The number of hydrogen-bond donors (Lipinski definition) is 1. The number of ether oxygens (including phenoxy) is 1. The summed E-state index contributed by atoms with van der Waals surface area (Å²) in [5.74, 6) is 0.384. The van der Waals surface area contributed by atoms with E-state index in [0.29, 0.717) is 11.8 Å². The molecule has 5 nitrogen and oxygen atoms in total. The van der Waals surface area contributed by atoms with Crippen LogP contribution in [0.2, 0.25) is 0 Å². The van der Waals surface area contributed by atoms with Crippen LogP contribution < -0.4 is 5.73 Å². The lowest BCUT2D eigenvalue weighted by molar-refractivity contribution is 0.0562. The number of oxazole rings is 1. The van der Waals surface area contributed by atoms with Crippen LogP contribution in [0.4, 0.5) is 0 Å². The van der Waals surface area contributed by atoms with Crippen molar-refractivity contribution in [1.29, 1.82) is 0 Å². The highest BCUT2D eigenvalue weighted by Gasteiger charge is 2.17. The smallest absolute Gasteiger partial charge is 0.375 e. The van der Waals surface area contributed by atoms with Crippen LogP contribution >= 0.6 is 0 Å². The highest BCUT2D eigenvalue weighted by Crippen LogP contribution is 2.18. The standard InChI is InChI=1S/C10H16N2O3/c1-6(2)4-7(11)9-12-5-8(15-9)10(13)14-3/h5-7H,4,11H2,1-3H3. The average molecular weight is 212 g/mol. The van der Waals surface area contributed by atoms with Gasteiger partial charge < -0.3 is 14.9 Å². The van der Waals surface area contributed by atoms with Gasteiger partial charge in [-0.1, -0.05) is 13.8 Å². The third-order valence-corrected chi connectivity index (χ3v) is 1.95. The fraction of sp³-hybridized carbons (Fsp3) is 0.600. The molecule has 1 heterocycles. The predicted octanol–water partition coefficient (Wildman–Crippen LogP) is 1.51. The van der Waals surface area contributed by atoms with Gasteiger partial charge in [-0.25, -0.2) is 9.78 Å². The number of methoxy groups -OCH3 is 1. The highest BCUT2D eigenvalue weighted by molar-refractivity contribution is 5.85. The monoisotopic (exact) mass is 212 g/mol. The summed E-state index contributed by atoms with van der Waals surface area (Å²) in [5, 5.41) is 0. The van der Waals surface area contributed by atoms with E-state index in [0.717, 1.165) is 6.42 Å². The number of nitrogens with two attached hydrogens (primary N) is 1. The van der Waals surface area contributed by atoms with E-state index in [-0.39, 0.29) is 11.8 Å². The van der Waals surface area contributed by atoms with Gasteiger partial charge in [-0.05, 0) is 12.3 Å². The molecular formula is C10H16N2O3. The molecule has 0 aliphatic heterocycles. The Kier molecular flexibility index (Phi) is 3.85. The van der Waals surface area contributed by atoms with Crippen LogP contribution in [-0.4, -0.2) is 18.1 Å². The molecule has 84 valence electrons. The van der Waals surface area contributed by atoms with Crippen LogP contribution in [-0.2, 0) is 4.74 Å². The summed E-state index contributed by atoms with van der Waals surface area (Å²) < 4.78 is 9.69. The third-order valence-electron chi connectivity index (χ3n) is 1.95. The van der Waals surface area contributed by atoms with Crippen LogP contribution in [0, 0.1) is 5.92 Å². The van der Waals surface area contributed by atoms with Gasteiger partial charge in [0.25, 0.3) is 0 Å². The molecule has 1 aromatic heterocycles. The molecule has 2 N–H and O–H groups in total. The van der Waals surface area contributed by atoms with E-state index in [4.69, 9.17) is 10.2 Å². The van der Waals surface area contributed by atoms with E-state index in [2.05, 4.69) is 23.6 Å². The first-order chi connectivity index (χ1) is 7.04. The molecule has 1 unspecified atom stereocenters. The van der Waals surface area contributed by atoms with Crippen LogP contribution in [0.25, 0.3) is 0 Å². The lowest BCUT2D eigenvalue weighted by atomic mass is 10.0. The summed E-state index contributed by atoms with van der Waals surface area (Å²) in [5.41, 5.74) is 5.84. The van der Waals surface area contributed by atoms with Gasteiger partial charge in [0.2, 0.25) is 11.7 Å². The van der Waals surface area contributed by atoms with Crippen LogP contribution in [0.5, 0.6) is 0 Å². The SMILES string of the molecule is COC(=O)c1cnc(C(N)CC(C)C)o1. The summed E-state index contributed by atoms with van der Waals surface area (Å²) in [4.78, 5) is 15.0. The molecule has 0 fully saturated rings. The number of hydrogen-bond acceptors (Lipinski definition) is 5. The Morgan fingerprint density at radius 1 is 1.67 bits per heavy atom. The zero-order chi connectivity index (χ0) is 11.4. The molecule has 1 atom stereocenters. The van der Waals surface area contributed by atoms with Gasteiger partial charge >= 0.3 is 5.97 Å². The van der Waals surface area contributed by atoms with Gasteiger partial charge in [0.05, 0.1) is 19.3 Å². The second-order valence-corrected chi connectivity index (χ2v) is 3.79.